The predicted octanol–water partition coefficient (Wildman–Crippen LogP) is 1.17. The summed E-state index contributed by atoms with van der Waals surface area (Å²) < 4.78 is 36.7. The van der Waals surface area contributed by atoms with Gasteiger partial charge in [0.25, 0.3) is 5.91 Å². The van der Waals surface area contributed by atoms with Gasteiger partial charge in [-0.15, -0.1) is 0 Å². The van der Waals surface area contributed by atoms with Crippen LogP contribution in [0.15, 0.2) is 52.5 Å². The number of amides is 1. The van der Waals surface area contributed by atoms with Crippen LogP contribution in [0.3, 0.4) is 0 Å². The van der Waals surface area contributed by atoms with Gasteiger partial charge in [-0.25, -0.2) is 18.6 Å². The van der Waals surface area contributed by atoms with Crippen molar-refractivity contribution in [2.24, 2.45) is 5.10 Å². The molecule has 0 aromatic heterocycles. The van der Waals surface area contributed by atoms with Crippen molar-refractivity contribution in [1.82, 2.24) is 9.73 Å². The Morgan fingerprint density at radius 1 is 1.13 bits per heavy atom. The maximum atomic E-state index is 12.8. The van der Waals surface area contributed by atoms with E-state index in [0.717, 1.165) is 4.31 Å². The second kappa shape index (κ2) is 9.85. The highest BCUT2D eigenvalue weighted by Crippen LogP contribution is 2.30. The van der Waals surface area contributed by atoms with Gasteiger partial charge in [0.1, 0.15) is 16.4 Å². The molecular formula is C19H21N3O7S. The SMILES string of the molecule is COc1ccc(OC)c(S(=O)(=O)N(C)CC(=O)N/N=C\c2ccc(C(=O)O)cc2)c1. The third-order valence-electron chi connectivity index (χ3n) is 3.99. The third kappa shape index (κ3) is 5.55. The molecule has 0 aliphatic rings. The van der Waals surface area contributed by atoms with E-state index in [1.807, 2.05) is 0 Å². The molecule has 0 saturated heterocycles. The summed E-state index contributed by atoms with van der Waals surface area (Å²) in [5.74, 6) is -1.28. The van der Waals surface area contributed by atoms with E-state index < -0.39 is 28.4 Å². The number of nitrogens with zero attached hydrogens (tertiary/aromatic N) is 2. The highest BCUT2D eigenvalue weighted by atomic mass is 32.2. The first kappa shape index (κ1) is 22.8. The molecule has 0 heterocycles. The number of carboxylic acid groups (broad SMARTS) is 1. The lowest BCUT2D eigenvalue weighted by atomic mass is 10.1. The summed E-state index contributed by atoms with van der Waals surface area (Å²) in [6.45, 7) is -0.488. The Bertz CT molecular complexity index is 1050. The van der Waals surface area contributed by atoms with E-state index in [-0.39, 0.29) is 16.2 Å². The number of rotatable bonds is 9. The Morgan fingerprint density at radius 3 is 2.37 bits per heavy atom. The first-order valence-corrected chi connectivity index (χ1v) is 9.96. The van der Waals surface area contributed by atoms with Crippen LogP contribution < -0.4 is 14.9 Å². The number of ether oxygens (including phenoxy) is 2. The lowest BCUT2D eigenvalue weighted by Gasteiger charge is -2.18. The van der Waals surface area contributed by atoms with E-state index >= 15 is 0 Å². The number of likely N-dealkylation sites (N-methyl/N-ethyl adjacent to an activating group) is 1. The largest absolute Gasteiger partial charge is 0.497 e. The molecule has 11 heteroatoms. The van der Waals surface area contributed by atoms with Crippen LogP contribution in [0.1, 0.15) is 15.9 Å². The lowest BCUT2D eigenvalue weighted by molar-refractivity contribution is -0.121. The molecule has 2 aromatic carbocycles. The maximum absolute atomic E-state index is 12.8. The quantitative estimate of drug-likeness (QED) is 0.446. The van der Waals surface area contributed by atoms with Crippen molar-refractivity contribution in [2.75, 3.05) is 27.8 Å². The molecule has 160 valence electrons. The minimum Gasteiger partial charge on any atom is -0.497 e. The van der Waals surface area contributed by atoms with Gasteiger partial charge in [0.15, 0.2) is 0 Å². The predicted molar refractivity (Wildman–Crippen MR) is 108 cm³/mol. The molecule has 2 rings (SSSR count). The van der Waals surface area contributed by atoms with Crippen LogP contribution in [0.4, 0.5) is 0 Å². The molecule has 0 atom stereocenters. The van der Waals surface area contributed by atoms with Gasteiger partial charge in [0.2, 0.25) is 10.0 Å². The number of benzene rings is 2. The number of aromatic carboxylic acids is 1. The molecule has 0 unspecified atom stereocenters. The molecule has 0 radical (unpaired) electrons. The molecule has 1 amide bonds. The van der Waals surface area contributed by atoms with E-state index in [1.165, 1.54) is 63.9 Å². The molecule has 0 spiro atoms. The number of hydrogen-bond acceptors (Lipinski definition) is 7. The Labute approximate surface area is 173 Å². The average Bonchev–Trinajstić information content (AvgIpc) is 2.73. The summed E-state index contributed by atoms with van der Waals surface area (Å²) in [7, 11) is -0.0435. The number of nitrogens with one attached hydrogen (secondary N) is 1. The van der Waals surface area contributed by atoms with Gasteiger partial charge in [-0.3, -0.25) is 4.79 Å². The van der Waals surface area contributed by atoms with Crippen LogP contribution in [0.2, 0.25) is 0 Å². The zero-order valence-corrected chi connectivity index (χ0v) is 17.3. The second-order valence-electron chi connectivity index (χ2n) is 6.00. The molecule has 0 bridgehead atoms. The number of sulfonamides is 1. The Hall–Kier alpha value is -3.44. The average molecular weight is 435 g/mol. The molecular weight excluding hydrogens is 414 g/mol. The molecule has 0 aliphatic carbocycles. The molecule has 0 fully saturated rings. The van der Waals surface area contributed by atoms with Crippen molar-refractivity contribution >= 4 is 28.1 Å². The smallest absolute Gasteiger partial charge is 0.335 e. The van der Waals surface area contributed by atoms with Crippen molar-refractivity contribution in [3.63, 3.8) is 0 Å². The van der Waals surface area contributed by atoms with Crippen LogP contribution in [0.25, 0.3) is 0 Å². The lowest BCUT2D eigenvalue weighted by Crippen LogP contribution is -2.36. The number of hydrazone groups is 1. The van der Waals surface area contributed by atoms with Gasteiger partial charge in [-0.05, 0) is 29.8 Å². The number of carboxylic acids is 1. The van der Waals surface area contributed by atoms with E-state index in [1.54, 1.807) is 6.07 Å². The normalized spacial score (nSPS) is 11.5. The standard InChI is InChI=1S/C19H21N3O7S/c1-22(30(26,27)17-10-15(28-2)8-9-16(17)29-3)12-18(23)21-20-11-13-4-6-14(7-5-13)19(24)25/h4-11H,12H2,1-3H3,(H,21,23)(H,24,25)/b20-11-. The summed E-state index contributed by atoms with van der Waals surface area (Å²) in [4.78, 5) is 22.8. The fourth-order valence-corrected chi connectivity index (χ4v) is 3.66. The van der Waals surface area contributed by atoms with E-state index in [9.17, 15) is 18.0 Å². The molecule has 0 saturated carbocycles. The summed E-state index contributed by atoms with van der Waals surface area (Å²) in [5.41, 5.74) is 2.91. The van der Waals surface area contributed by atoms with Crippen molar-refractivity contribution in [3.8, 4) is 11.5 Å². The summed E-state index contributed by atoms with van der Waals surface area (Å²) >= 11 is 0. The number of methoxy groups -OCH3 is 2. The third-order valence-corrected chi connectivity index (χ3v) is 5.81. The van der Waals surface area contributed by atoms with E-state index in [0.29, 0.717) is 11.3 Å². The summed E-state index contributed by atoms with van der Waals surface area (Å²) in [6.07, 6.45) is 1.31. The van der Waals surface area contributed by atoms with Crippen LogP contribution in [0, 0.1) is 0 Å². The monoisotopic (exact) mass is 435 g/mol. The van der Waals surface area contributed by atoms with Gasteiger partial charge in [0, 0.05) is 13.1 Å². The fraction of sp³-hybridized carbons (Fsp3) is 0.211. The van der Waals surface area contributed by atoms with Gasteiger partial charge in [0.05, 0.1) is 32.5 Å². The molecule has 10 nitrogen and oxygen atoms in total. The van der Waals surface area contributed by atoms with Crippen LogP contribution in [-0.4, -0.2) is 63.7 Å². The molecule has 30 heavy (non-hydrogen) atoms. The van der Waals surface area contributed by atoms with Crippen LogP contribution >= 0.6 is 0 Å². The highest BCUT2D eigenvalue weighted by molar-refractivity contribution is 7.89. The van der Waals surface area contributed by atoms with Crippen molar-refractivity contribution in [3.05, 3.63) is 53.6 Å². The van der Waals surface area contributed by atoms with Crippen LogP contribution in [0.5, 0.6) is 11.5 Å². The van der Waals surface area contributed by atoms with Crippen molar-refractivity contribution in [1.29, 1.82) is 0 Å². The van der Waals surface area contributed by atoms with E-state index in [2.05, 4.69) is 10.5 Å². The van der Waals surface area contributed by atoms with Gasteiger partial charge in [-0.1, -0.05) is 12.1 Å². The Morgan fingerprint density at radius 2 is 1.80 bits per heavy atom. The minimum absolute atomic E-state index is 0.117. The van der Waals surface area contributed by atoms with Crippen molar-refractivity contribution < 1.29 is 32.6 Å². The fourth-order valence-electron chi connectivity index (χ4n) is 2.37. The topological polar surface area (TPSA) is 135 Å². The Balaban J connectivity index is 2.05. The zero-order valence-electron chi connectivity index (χ0n) is 16.5. The number of carbonyl (C=O) groups is 2. The second-order valence-corrected chi connectivity index (χ2v) is 8.01. The zero-order chi connectivity index (χ0) is 22.3. The van der Waals surface area contributed by atoms with Crippen molar-refractivity contribution in [2.45, 2.75) is 4.90 Å². The molecule has 2 N–H and O–H groups in total. The first-order chi connectivity index (χ1) is 14.2. The van der Waals surface area contributed by atoms with Crippen LogP contribution in [-0.2, 0) is 14.8 Å². The number of hydrogen-bond donors (Lipinski definition) is 2. The maximum Gasteiger partial charge on any atom is 0.335 e. The van der Waals surface area contributed by atoms with Gasteiger partial charge >= 0.3 is 5.97 Å². The highest BCUT2D eigenvalue weighted by Gasteiger charge is 2.27. The minimum atomic E-state index is -4.04. The number of carbonyl (C=O) groups excluding carboxylic acids is 1. The summed E-state index contributed by atoms with van der Waals surface area (Å²) in [6, 6.07) is 10.2. The van der Waals surface area contributed by atoms with E-state index in [4.69, 9.17) is 14.6 Å². The molecule has 0 aliphatic heterocycles. The van der Waals surface area contributed by atoms with Gasteiger partial charge < -0.3 is 14.6 Å². The summed E-state index contributed by atoms with van der Waals surface area (Å²) in [5, 5.41) is 12.6. The molecule has 2 aromatic rings. The first-order valence-electron chi connectivity index (χ1n) is 8.52. The Kier molecular flexibility index (Phi) is 7.50. The van der Waals surface area contributed by atoms with Gasteiger partial charge in [-0.2, -0.15) is 9.41 Å².